The van der Waals surface area contributed by atoms with E-state index in [1.807, 2.05) is 48.5 Å². The fourth-order valence-electron chi connectivity index (χ4n) is 3.40. The number of nitro groups is 1. The van der Waals surface area contributed by atoms with Crippen molar-refractivity contribution in [1.29, 1.82) is 0 Å². The Labute approximate surface area is 227 Å². The zero-order chi connectivity index (χ0) is 29.0. The first-order valence-electron chi connectivity index (χ1n) is 13.2. The zero-order valence-electron chi connectivity index (χ0n) is 24.5. The normalized spacial score (nSPS) is 15.6. The van der Waals surface area contributed by atoms with E-state index >= 15 is 0 Å². The molecule has 0 N–H and O–H groups in total. The molecule has 1 unspecified atom stereocenters. The van der Waals surface area contributed by atoms with Gasteiger partial charge in [0.1, 0.15) is 6.61 Å². The average Bonchev–Trinajstić information content (AvgIpc) is 3.35. The molecule has 37 heavy (non-hydrogen) atoms. The summed E-state index contributed by atoms with van der Waals surface area (Å²) < 4.78 is 15.6. The minimum absolute atomic E-state index is 0.0921. The van der Waals surface area contributed by atoms with Crippen molar-refractivity contribution >= 4 is 28.7 Å². The largest absolute Gasteiger partial charge is 0.493 e. The van der Waals surface area contributed by atoms with E-state index < -0.39 is 16.4 Å². The highest BCUT2D eigenvalue weighted by Crippen LogP contribution is 2.37. The van der Waals surface area contributed by atoms with Crippen LogP contribution in [0.3, 0.4) is 0 Å². The predicted octanol–water partition coefficient (Wildman–Crippen LogP) is 7.49. The van der Waals surface area contributed by atoms with Gasteiger partial charge in [0.05, 0.1) is 36.2 Å². The number of carbonyl (C=O) groups is 2. The van der Waals surface area contributed by atoms with E-state index in [0.29, 0.717) is 18.7 Å². The smallest absolute Gasteiger partial charge is 0.410 e. The Morgan fingerprint density at radius 1 is 1.05 bits per heavy atom. The Morgan fingerprint density at radius 2 is 1.62 bits per heavy atom. The van der Waals surface area contributed by atoms with E-state index in [1.165, 1.54) is 43.0 Å². The van der Waals surface area contributed by atoms with Crippen molar-refractivity contribution in [3.8, 4) is 11.5 Å². The third-order valence-corrected chi connectivity index (χ3v) is 6.59. The van der Waals surface area contributed by atoms with Crippen molar-refractivity contribution in [3.63, 3.8) is 0 Å². The minimum atomic E-state index is -0.606. The number of amides is 1. The Kier molecular flexibility index (Phi) is 20.4. The summed E-state index contributed by atoms with van der Waals surface area (Å²) in [6.07, 6.45) is 3.16. The maximum absolute atomic E-state index is 12.6. The molecular weight excluding hydrogens is 496 g/mol. The monoisotopic (exact) mass is 544 g/mol. The van der Waals surface area contributed by atoms with Gasteiger partial charge in [-0.25, -0.2) is 4.79 Å². The van der Waals surface area contributed by atoms with Gasteiger partial charge in [-0.15, -0.1) is 0 Å². The molecule has 0 radical (unpaired) electrons. The van der Waals surface area contributed by atoms with Crippen LogP contribution in [0.1, 0.15) is 86.6 Å². The Morgan fingerprint density at radius 3 is 2.14 bits per heavy atom. The summed E-state index contributed by atoms with van der Waals surface area (Å²) in [5.41, 5.74) is -0.638. The number of nitro benzene ring substituents is 1. The van der Waals surface area contributed by atoms with Gasteiger partial charge >= 0.3 is 6.09 Å². The van der Waals surface area contributed by atoms with Gasteiger partial charge in [0, 0.05) is 18.8 Å². The number of carbonyl (C=O) groups excluding carboxylic acids is 2. The zero-order valence-corrected chi connectivity index (χ0v) is 25.3. The topological polar surface area (TPSA) is 108 Å². The number of thioether (sulfide) groups is 1. The molecule has 0 bridgehead atoms. The van der Waals surface area contributed by atoms with Gasteiger partial charge in [-0.3, -0.25) is 14.9 Å². The predicted molar refractivity (Wildman–Crippen MR) is 152 cm³/mol. The van der Waals surface area contributed by atoms with Crippen molar-refractivity contribution in [2.45, 2.75) is 87.7 Å². The maximum atomic E-state index is 12.6. The highest BCUT2D eigenvalue weighted by Gasteiger charge is 2.42. The standard InChI is InChI=1S/C21H30N2O7S.3C2H6/c1-5-6-7-10-31-19(24)21(2)8-9-22(14-21)20(25)30-13-15-11-17(28-3)18(29-4)12-16(15)23(26)27;3*1-2/h11-12H,5-10,13-14H2,1-4H3;3*1-2H3. The summed E-state index contributed by atoms with van der Waals surface area (Å²) in [4.78, 5) is 37.5. The number of methoxy groups -OCH3 is 2. The summed E-state index contributed by atoms with van der Waals surface area (Å²) >= 11 is 1.33. The maximum Gasteiger partial charge on any atom is 0.410 e. The lowest BCUT2D eigenvalue weighted by Gasteiger charge is -2.22. The SMILES string of the molecule is CC.CC.CC.CCCCCSC(=O)C1(C)CCN(C(=O)OCc2cc(OC)c(OC)cc2[N+](=O)[O-])C1. The molecule has 0 saturated carbocycles. The van der Waals surface area contributed by atoms with Crippen LogP contribution in [-0.2, 0) is 16.1 Å². The van der Waals surface area contributed by atoms with Crippen molar-refractivity contribution in [2.24, 2.45) is 5.41 Å². The summed E-state index contributed by atoms with van der Waals surface area (Å²) in [6, 6.07) is 2.66. The van der Waals surface area contributed by atoms with Crippen molar-refractivity contribution < 1.29 is 28.7 Å². The van der Waals surface area contributed by atoms with Gasteiger partial charge < -0.3 is 19.1 Å². The van der Waals surface area contributed by atoms with E-state index in [4.69, 9.17) is 14.2 Å². The van der Waals surface area contributed by atoms with Crippen LogP contribution in [0.4, 0.5) is 10.5 Å². The van der Waals surface area contributed by atoms with Gasteiger partial charge in [-0.05, 0) is 25.8 Å². The fraction of sp³-hybridized carbons (Fsp3) is 0.704. The summed E-state index contributed by atoms with van der Waals surface area (Å²) in [6.45, 7) is 16.4. The van der Waals surface area contributed by atoms with Gasteiger partial charge in [-0.2, -0.15) is 0 Å². The fourth-order valence-corrected chi connectivity index (χ4v) is 4.45. The minimum Gasteiger partial charge on any atom is -0.493 e. The third kappa shape index (κ3) is 11.6. The van der Waals surface area contributed by atoms with Crippen LogP contribution in [0.25, 0.3) is 0 Å². The first-order chi connectivity index (χ1) is 17.8. The van der Waals surface area contributed by atoms with Gasteiger partial charge in [0.15, 0.2) is 16.6 Å². The lowest BCUT2D eigenvalue weighted by molar-refractivity contribution is -0.385. The van der Waals surface area contributed by atoms with E-state index in [0.717, 1.165) is 25.0 Å². The first-order valence-corrected chi connectivity index (χ1v) is 14.2. The van der Waals surface area contributed by atoms with Gasteiger partial charge in [0.25, 0.3) is 5.69 Å². The number of rotatable bonds is 10. The molecule has 1 amide bonds. The van der Waals surface area contributed by atoms with Crippen LogP contribution in [-0.4, -0.2) is 54.1 Å². The Balaban J connectivity index is 0. The number of nitrogens with zero attached hydrogens (tertiary/aromatic N) is 2. The van der Waals surface area contributed by atoms with Crippen LogP contribution >= 0.6 is 11.8 Å². The van der Waals surface area contributed by atoms with Crippen LogP contribution < -0.4 is 9.47 Å². The Hall–Kier alpha value is -2.49. The number of likely N-dealkylation sites (tertiary alicyclic amines) is 1. The molecular formula is C27H48N2O7S. The Bertz CT molecular complexity index is 820. The second-order valence-corrected chi connectivity index (χ2v) is 8.79. The summed E-state index contributed by atoms with van der Waals surface area (Å²) in [7, 11) is 2.80. The first kappa shape index (κ1) is 36.7. The van der Waals surface area contributed by atoms with Crippen molar-refractivity contribution in [2.75, 3.05) is 33.1 Å². The molecule has 9 nitrogen and oxygen atoms in total. The van der Waals surface area contributed by atoms with Gasteiger partial charge in [-0.1, -0.05) is 73.1 Å². The molecule has 1 fully saturated rings. The summed E-state index contributed by atoms with van der Waals surface area (Å²) in [5.74, 6) is 1.31. The lowest BCUT2D eigenvalue weighted by Crippen LogP contribution is -2.34. The third-order valence-electron chi connectivity index (χ3n) is 5.34. The number of ether oxygens (including phenoxy) is 3. The second kappa shape index (κ2) is 20.6. The molecule has 0 spiro atoms. The van der Waals surface area contributed by atoms with Crippen LogP contribution in [0.2, 0.25) is 0 Å². The van der Waals surface area contributed by atoms with Crippen molar-refractivity contribution in [3.05, 3.63) is 27.8 Å². The highest BCUT2D eigenvalue weighted by molar-refractivity contribution is 8.13. The number of hydrogen-bond acceptors (Lipinski definition) is 8. The quantitative estimate of drug-likeness (QED) is 0.169. The summed E-state index contributed by atoms with van der Waals surface area (Å²) in [5, 5.41) is 11.5. The van der Waals surface area contributed by atoms with E-state index in [-0.39, 0.29) is 35.3 Å². The number of hydrogen-bond donors (Lipinski definition) is 0. The molecule has 2 rings (SSSR count). The molecule has 10 heteroatoms. The molecule has 0 aromatic heterocycles. The van der Waals surface area contributed by atoms with E-state index in [9.17, 15) is 19.7 Å². The van der Waals surface area contributed by atoms with Crippen LogP contribution in [0.5, 0.6) is 11.5 Å². The molecule has 1 aliphatic heterocycles. The second-order valence-electron chi connectivity index (χ2n) is 7.72. The average molecular weight is 545 g/mol. The molecule has 1 atom stereocenters. The lowest BCUT2D eigenvalue weighted by atomic mass is 9.92. The van der Waals surface area contributed by atoms with Crippen LogP contribution in [0.15, 0.2) is 12.1 Å². The number of unbranched alkanes of at least 4 members (excludes halogenated alkanes) is 2. The van der Waals surface area contributed by atoms with Crippen molar-refractivity contribution in [1.82, 2.24) is 4.90 Å². The van der Waals surface area contributed by atoms with E-state index in [2.05, 4.69) is 6.92 Å². The molecule has 0 aliphatic carbocycles. The van der Waals surface area contributed by atoms with E-state index in [1.54, 1.807) is 0 Å². The van der Waals surface area contributed by atoms with Crippen LogP contribution in [0, 0.1) is 15.5 Å². The number of benzene rings is 1. The molecule has 1 aromatic carbocycles. The molecule has 214 valence electrons. The highest BCUT2D eigenvalue weighted by atomic mass is 32.2. The molecule has 1 heterocycles. The molecule has 1 saturated heterocycles. The van der Waals surface area contributed by atoms with Gasteiger partial charge in [0.2, 0.25) is 0 Å². The molecule has 1 aliphatic rings. The molecule has 1 aromatic rings.